The molecule has 0 radical (unpaired) electrons. The maximum atomic E-state index is 12.1. The van der Waals surface area contributed by atoms with Crippen molar-refractivity contribution in [2.45, 2.75) is 40.2 Å². The molecule has 1 fully saturated rings. The van der Waals surface area contributed by atoms with Gasteiger partial charge >= 0.3 is 0 Å². The summed E-state index contributed by atoms with van der Waals surface area (Å²) in [5.74, 6) is 0.101. The number of aromatic nitrogens is 2. The highest BCUT2D eigenvalue weighted by molar-refractivity contribution is 6.00. The van der Waals surface area contributed by atoms with Crippen molar-refractivity contribution in [3.05, 3.63) is 12.4 Å². The molecule has 0 saturated carbocycles. The van der Waals surface area contributed by atoms with Crippen LogP contribution in [0, 0.1) is 11.8 Å². The van der Waals surface area contributed by atoms with Crippen molar-refractivity contribution >= 4 is 17.5 Å². The summed E-state index contributed by atoms with van der Waals surface area (Å²) < 4.78 is 1.81. The molecule has 21 heavy (non-hydrogen) atoms. The maximum Gasteiger partial charge on any atom is 0.227 e. The van der Waals surface area contributed by atoms with E-state index >= 15 is 0 Å². The van der Waals surface area contributed by atoms with Crippen LogP contribution in [0.15, 0.2) is 12.4 Å². The van der Waals surface area contributed by atoms with Crippen molar-refractivity contribution in [2.24, 2.45) is 11.8 Å². The second kappa shape index (κ2) is 6.28. The fourth-order valence-electron chi connectivity index (χ4n) is 2.33. The Balaban J connectivity index is 2.00. The molecule has 1 aliphatic rings. The van der Waals surface area contributed by atoms with Gasteiger partial charge in [0.05, 0.1) is 17.8 Å². The number of nitrogens with zero attached hydrogens (tertiary/aromatic N) is 3. The highest BCUT2D eigenvalue weighted by Gasteiger charge is 2.35. The molecule has 0 aliphatic carbocycles. The Hall–Kier alpha value is -1.85. The number of anilines is 1. The second-order valence-corrected chi connectivity index (χ2v) is 6.32. The zero-order valence-corrected chi connectivity index (χ0v) is 13.2. The molecule has 116 valence electrons. The minimum absolute atomic E-state index is 0.0111. The Bertz CT molecular complexity index is 521. The smallest absolute Gasteiger partial charge is 0.227 e. The van der Waals surface area contributed by atoms with Crippen molar-refractivity contribution in [1.82, 2.24) is 15.1 Å². The molecule has 0 spiro atoms. The van der Waals surface area contributed by atoms with E-state index in [4.69, 9.17) is 0 Å². The molecular weight excluding hydrogens is 268 g/mol. The Morgan fingerprint density at radius 1 is 1.43 bits per heavy atom. The van der Waals surface area contributed by atoms with Gasteiger partial charge in [-0.1, -0.05) is 13.8 Å². The third kappa shape index (κ3) is 3.62. The van der Waals surface area contributed by atoms with Gasteiger partial charge in [-0.15, -0.1) is 0 Å². The van der Waals surface area contributed by atoms with Gasteiger partial charge in [0.1, 0.15) is 0 Å². The quantitative estimate of drug-likeness (QED) is 0.896. The van der Waals surface area contributed by atoms with Crippen LogP contribution in [0.4, 0.5) is 5.69 Å². The van der Waals surface area contributed by atoms with Crippen molar-refractivity contribution in [3.63, 3.8) is 0 Å². The van der Waals surface area contributed by atoms with E-state index in [1.807, 2.05) is 38.6 Å². The van der Waals surface area contributed by atoms with Gasteiger partial charge in [-0.3, -0.25) is 14.3 Å². The standard InChI is InChI=1S/C15H24N4O2/c1-10(2)6-16-15(21)12-5-14(20)18(8-12)13-7-17-19(9-13)11(3)4/h7,9-12H,5-6,8H2,1-4H3,(H,16,21). The minimum Gasteiger partial charge on any atom is -0.356 e. The fraction of sp³-hybridized carbons (Fsp3) is 0.667. The van der Waals surface area contributed by atoms with E-state index in [0.717, 1.165) is 5.69 Å². The Morgan fingerprint density at radius 3 is 2.71 bits per heavy atom. The second-order valence-electron chi connectivity index (χ2n) is 6.32. The van der Waals surface area contributed by atoms with Crippen LogP contribution in [-0.4, -0.2) is 34.7 Å². The van der Waals surface area contributed by atoms with Gasteiger partial charge in [-0.05, 0) is 19.8 Å². The van der Waals surface area contributed by atoms with Crippen LogP contribution in [0.25, 0.3) is 0 Å². The van der Waals surface area contributed by atoms with Crippen LogP contribution in [0.1, 0.15) is 40.2 Å². The summed E-state index contributed by atoms with van der Waals surface area (Å²) in [5.41, 5.74) is 0.771. The number of rotatable bonds is 5. The lowest BCUT2D eigenvalue weighted by Gasteiger charge is -2.15. The van der Waals surface area contributed by atoms with E-state index in [-0.39, 0.29) is 30.2 Å². The summed E-state index contributed by atoms with van der Waals surface area (Å²) in [5, 5.41) is 7.15. The first kappa shape index (κ1) is 15.5. The lowest BCUT2D eigenvalue weighted by Crippen LogP contribution is -2.34. The molecule has 2 heterocycles. The summed E-state index contributed by atoms with van der Waals surface area (Å²) in [6.07, 6.45) is 3.82. The predicted molar refractivity (Wildman–Crippen MR) is 80.9 cm³/mol. The molecule has 1 atom stereocenters. The zero-order chi connectivity index (χ0) is 15.6. The Morgan fingerprint density at radius 2 is 2.14 bits per heavy atom. The average Bonchev–Trinajstić information content (AvgIpc) is 3.02. The van der Waals surface area contributed by atoms with E-state index < -0.39 is 0 Å². The summed E-state index contributed by atoms with van der Waals surface area (Å²) in [4.78, 5) is 25.8. The average molecular weight is 292 g/mol. The van der Waals surface area contributed by atoms with Crippen molar-refractivity contribution in [3.8, 4) is 0 Å². The molecule has 2 rings (SSSR count). The Labute approximate surface area is 125 Å². The third-order valence-electron chi connectivity index (χ3n) is 3.61. The highest BCUT2D eigenvalue weighted by Crippen LogP contribution is 2.25. The van der Waals surface area contributed by atoms with E-state index in [1.54, 1.807) is 11.1 Å². The molecule has 1 unspecified atom stereocenters. The summed E-state index contributed by atoms with van der Waals surface area (Å²) >= 11 is 0. The highest BCUT2D eigenvalue weighted by atomic mass is 16.2. The third-order valence-corrected chi connectivity index (χ3v) is 3.61. The van der Waals surface area contributed by atoms with E-state index in [2.05, 4.69) is 10.4 Å². The number of amides is 2. The lowest BCUT2D eigenvalue weighted by molar-refractivity contribution is -0.126. The molecule has 6 nitrogen and oxygen atoms in total. The first-order valence-electron chi connectivity index (χ1n) is 7.50. The van der Waals surface area contributed by atoms with E-state index in [1.165, 1.54) is 0 Å². The van der Waals surface area contributed by atoms with Crippen LogP contribution in [-0.2, 0) is 9.59 Å². The number of nitrogens with one attached hydrogen (secondary N) is 1. The predicted octanol–water partition coefficient (Wildman–Crippen LogP) is 1.59. The van der Waals surface area contributed by atoms with Crippen LogP contribution in [0.2, 0.25) is 0 Å². The molecule has 6 heteroatoms. The molecule has 1 saturated heterocycles. The number of hydrogen-bond donors (Lipinski definition) is 1. The molecular formula is C15H24N4O2. The van der Waals surface area contributed by atoms with Crippen molar-refractivity contribution in [2.75, 3.05) is 18.0 Å². The van der Waals surface area contributed by atoms with E-state index in [9.17, 15) is 9.59 Å². The number of hydrogen-bond acceptors (Lipinski definition) is 3. The molecule has 0 aromatic carbocycles. The van der Waals surface area contributed by atoms with Gasteiger partial charge in [0.25, 0.3) is 0 Å². The number of carbonyl (C=O) groups is 2. The van der Waals surface area contributed by atoms with Crippen LogP contribution in [0.5, 0.6) is 0 Å². The van der Waals surface area contributed by atoms with Crippen molar-refractivity contribution < 1.29 is 9.59 Å². The number of carbonyl (C=O) groups excluding carboxylic acids is 2. The van der Waals surface area contributed by atoms with Gasteiger partial charge < -0.3 is 10.2 Å². The topological polar surface area (TPSA) is 67.2 Å². The summed E-state index contributed by atoms with van der Waals surface area (Å²) in [6.45, 7) is 9.25. The summed E-state index contributed by atoms with van der Waals surface area (Å²) in [7, 11) is 0. The largest absolute Gasteiger partial charge is 0.356 e. The fourth-order valence-corrected chi connectivity index (χ4v) is 2.33. The van der Waals surface area contributed by atoms with Crippen LogP contribution < -0.4 is 10.2 Å². The Kier molecular flexibility index (Phi) is 4.65. The van der Waals surface area contributed by atoms with Crippen LogP contribution in [0.3, 0.4) is 0 Å². The van der Waals surface area contributed by atoms with Gasteiger partial charge in [-0.25, -0.2) is 0 Å². The molecule has 2 amide bonds. The van der Waals surface area contributed by atoms with E-state index in [0.29, 0.717) is 19.0 Å². The first-order chi connectivity index (χ1) is 9.88. The molecule has 1 N–H and O–H groups in total. The molecule has 0 bridgehead atoms. The van der Waals surface area contributed by atoms with Gasteiger partial charge in [-0.2, -0.15) is 5.10 Å². The van der Waals surface area contributed by atoms with Crippen LogP contribution >= 0.6 is 0 Å². The van der Waals surface area contributed by atoms with Gasteiger partial charge in [0, 0.05) is 31.7 Å². The molecule has 1 aliphatic heterocycles. The first-order valence-corrected chi connectivity index (χ1v) is 7.50. The zero-order valence-electron chi connectivity index (χ0n) is 13.2. The normalized spacial score (nSPS) is 18.9. The monoisotopic (exact) mass is 292 g/mol. The lowest BCUT2D eigenvalue weighted by atomic mass is 10.1. The van der Waals surface area contributed by atoms with Gasteiger partial charge in [0.15, 0.2) is 0 Å². The maximum absolute atomic E-state index is 12.1. The SMILES string of the molecule is CC(C)CNC(=O)C1CC(=O)N(c2cnn(C(C)C)c2)C1. The van der Waals surface area contributed by atoms with Gasteiger partial charge in [0.2, 0.25) is 11.8 Å². The molecule has 1 aromatic heterocycles. The van der Waals surface area contributed by atoms with Crippen molar-refractivity contribution in [1.29, 1.82) is 0 Å². The summed E-state index contributed by atoms with van der Waals surface area (Å²) in [6, 6.07) is 0.251. The molecule has 1 aromatic rings. The minimum atomic E-state index is -0.265.